The van der Waals surface area contributed by atoms with Crippen molar-refractivity contribution in [1.82, 2.24) is 14.0 Å². The number of aromatic nitrogens is 1. The van der Waals surface area contributed by atoms with E-state index in [4.69, 9.17) is 4.99 Å². The molecular weight excluding hydrogens is 420 g/mol. The first kappa shape index (κ1) is 20.2. The summed E-state index contributed by atoms with van der Waals surface area (Å²) >= 11 is 1.57. The Bertz CT molecular complexity index is 1070. The highest BCUT2D eigenvalue weighted by Gasteiger charge is 2.48. The van der Waals surface area contributed by atoms with Crippen LogP contribution in [0.1, 0.15) is 50.5 Å². The zero-order chi connectivity index (χ0) is 20.8. The van der Waals surface area contributed by atoms with Crippen LogP contribution in [-0.4, -0.2) is 53.2 Å². The largest absolute Gasteiger partial charge is 0.312 e. The van der Waals surface area contributed by atoms with Crippen molar-refractivity contribution < 1.29 is 13.2 Å². The minimum absolute atomic E-state index is 0.0340. The van der Waals surface area contributed by atoms with Gasteiger partial charge < -0.3 is 9.69 Å². The molecule has 9 heteroatoms. The number of benzene rings is 1. The van der Waals surface area contributed by atoms with Gasteiger partial charge in [0, 0.05) is 19.0 Å². The Morgan fingerprint density at radius 2 is 1.93 bits per heavy atom. The first-order valence-electron chi connectivity index (χ1n) is 10.9. The van der Waals surface area contributed by atoms with Crippen LogP contribution in [-0.2, 0) is 21.2 Å². The number of aryl methyl sites for hydroxylation is 1. The van der Waals surface area contributed by atoms with Gasteiger partial charge in [-0.3, -0.25) is 9.79 Å². The van der Waals surface area contributed by atoms with Crippen molar-refractivity contribution >= 4 is 43.5 Å². The van der Waals surface area contributed by atoms with E-state index in [1.54, 1.807) is 15.8 Å². The normalized spacial score (nSPS) is 23.2. The van der Waals surface area contributed by atoms with E-state index < -0.39 is 15.6 Å². The van der Waals surface area contributed by atoms with E-state index >= 15 is 0 Å². The van der Waals surface area contributed by atoms with Gasteiger partial charge in [-0.25, -0.2) is 12.7 Å². The second kappa shape index (κ2) is 7.76. The van der Waals surface area contributed by atoms with Crippen LogP contribution >= 0.6 is 11.5 Å². The zero-order valence-electron chi connectivity index (χ0n) is 17.0. The lowest BCUT2D eigenvalue weighted by Crippen LogP contribution is -2.51. The minimum Gasteiger partial charge on any atom is -0.312 e. The van der Waals surface area contributed by atoms with Crippen LogP contribution in [0.2, 0.25) is 0 Å². The van der Waals surface area contributed by atoms with Crippen molar-refractivity contribution in [3.05, 3.63) is 23.8 Å². The van der Waals surface area contributed by atoms with Crippen LogP contribution in [0.5, 0.6) is 0 Å². The van der Waals surface area contributed by atoms with Crippen molar-refractivity contribution in [2.45, 2.75) is 56.9 Å². The number of nitrogens with zero attached hydrogens (tertiary/aromatic N) is 2. The molecule has 1 aliphatic carbocycles. The number of hydrogen-bond acceptors (Lipinski definition) is 5. The minimum atomic E-state index is -3.35. The molecule has 2 N–H and O–H groups in total. The summed E-state index contributed by atoms with van der Waals surface area (Å²) < 4.78 is 31.6. The molecule has 2 aliphatic heterocycles. The summed E-state index contributed by atoms with van der Waals surface area (Å²) in [5, 5.41) is 3.04. The van der Waals surface area contributed by atoms with Gasteiger partial charge in [0.15, 0.2) is 0 Å². The molecule has 0 bridgehead atoms. The number of sulfonamides is 1. The molecule has 0 atom stereocenters. The van der Waals surface area contributed by atoms with Crippen LogP contribution in [0.4, 0.5) is 0 Å². The number of H-pyrrole nitrogens is 1. The SMILES string of the molecule is O=C1NC(C2CCCCC2)=NC12CCN(S(=O)(=O)CCc1ccc3[nH]sc3c1)CC2. The molecule has 2 fully saturated rings. The monoisotopic (exact) mass is 448 g/mol. The highest BCUT2D eigenvalue weighted by atomic mass is 32.2. The highest BCUT2D eigenvalue weighted by molar-refractivity contribution is 7.89. The van der Waals surface area contributed by atoms with E-state index in [1.165, 1.54) is 24.0 Å². The first-order valence-corrected chi connectivity index (χ1v) is 13.3. The van der Waals surface area contributed by atoms with E-state index in [1.807, 2.05) is 12.1 Å². The number of carbonyl (C=O) groups is 1. The number of amides is 1. The molecule has 2 aromatic rings. The van der Waals surface area contributed by atoms with E-state index in [-0.39, 0.29) is 11.7 Å². The van der Waals surface area contributed by atoms with E-state index in [2.05, 4.69) is 15.8 Å². The number of fused-ring (bicyclic) bond motifs is 1. The molecule has 162 valence electrons. The zero-order valence-corrected chi connectivity index (χ0v) is 18.7. The molecule has 0 unspecified atom stereocenters. The molecular formula is C21H28N4O3S2. The van der Waals surface area contributed by atoms with Crippen LogP contribution in [0.25, 0.3) is 10.2 Å². The third-order valence-electron chi connectivity index (χ3n) is 6.90. The Balaban J connectivity index is 1.21. The second-order valence-electron chi connectivity index (χ2n) is 8.82. The average molecular weight is 449 g/mol. The maximum atomic E-state index is 12.9. The van der Waals surface area contributed by atoms with Crippen LogP contribution in [0.3, 0.4) is 0 Å². The van der Waals surface area contributed by atoms with Gasteiger partial charge in [0.05, 0.1) is 16.0 Å². The third-order valence-corrected chi connectivity index (χ3v) is 9.65. The number of piperidine rings is 1. The van der Waals surface area contributed by atoms with Gasteiger partial charge in [0.25, 0.3) is 5.91 Å². The van der Waals surface area contributed by atoms with Gasteiger partial charge in [0.1, 0.15) is 11.4 Å². The average Bonchev–Trinajstić information content (AvgIpc) is 3.05. The number of aromatic amines is 1. The maximum absolute atomic E-state index is 12.9. The Morgan fingerprint density at radius 1 is 1.17 bits per heavy atom. The second-order valence-corrected chi connectivity index (χ2v) is 11.8. The Hall–Kier alpha value is -1.71. The number of amidine groups is 1. The van der Waals surface area contributed by atoms with Gasteiger partial charge in [0.2, 0.25) is 10.0 Å². The molecule has 30 heavy (non-hydrogen) atoms. The topological polar surface area (TPSA) is 94.6 Å². The number of aliphatic imine (C=N–C) groups is 1. The third kappa shape index (κ3) is 3.71. The summed E-state index contributed by atoms with van der Waals surface area (Å²) in [5.41, 5.74) is 1.39. The smallest absolute Gasteiger partial charge is 0.253 e. The van der Waals surface area contributed by atoms with Crippen molar-refractivity contribution in [1.29, 1.82) is 0 Å². The van der Waals surface area contributed by atoms with E-state index in [0.717, 1.165) is 29.8 Å². The fourth-order valence-electron chi connectivity index (χ4n) is 4.92. The standard InChI is InChI=1S/C21H28N4O3S2/c26-20-21(23-19(22-20)16-4-2-1-3-5-16)9-11-25(12-10-21)30(27,28)13-8-15-6-7-17-18(14-15)29-24-17/h6-7,14,16,24H,1-5,8-13H2,(H,22,23,26). The lowest BCUT2D eigenvalue weighted by atomic mass is 9.88. The summed E-state index contributed by atoms with van der Waals surface area (Å²) in [6, 6.07) is 6.04. The van der Waals surface area contributed by atoms with Gasteiger partial charge >= 0.3 is 0 Å². The van der Waals surface area contributed by atoms with Crippen molar-refractivity contribution in [2.24, 2.45) is 10.9 Å². The Kier molecular flexibility index (Phi) is 5.23. The van der Waals surface area contributed by atoms with Gasteiger partial charge in [-0.2, -0.15) is 0 Å². The number of carbonyl (C=O) groups excluding carboxylic acids is 1. The molecule has 3 aliphatic rings. The predicted octanol–water partition coefficient (Wildman–Crippen LogP) is 3.04. The number of rotatable bonds is 5. The molecule has 1 saturated carbocycles. The van der Waals surface area contributed by atoms with Crippen LogP contribution in [0.15, 0.2) is 23.2 Å². The Morgan fingerprint density at radius 3 is 2.60 bits per heavy atom. The predicted molar refractivity (Wildman–Crippen MR) is 119 cm³/mol. The maximum Gasteiger partial charge on any atom is 0.253 e. The van der Waals surface area contributed by atoms with Gasteiger partial charge in [-0.05, 0) is 49.8 Å². The lowest BCUT2D eigenvalue weighted by Gasteiger charge is -2.34. The molecule has 1 aromatic carbocycles. The van der Waals surface area contributed by atoms with E-state index in [0.29, 0.717) is 38.3 Å². The summed E-state index contributed by atoms with van der Waals surface area (Å²) in [4.78, 5) is 17.6. The molecule has 1 spiro atoms. The summed E-state index contributed by atoms with van der Waals surface area (Å²) in [6.07, 6.45) is 7.26. The fourth-order valence-corrected chi connectivity index (χ4v) is 7.09. The van der Waals surface area contributed by atoms with Crippen molar-refractivity contribution in [3.8, 4) is 0 Å². The molecule has 1 saturated heterocycles. The molecule has 0 radical (unpaired) electrons. The molecule has 5 rings (SSSR count). The summed E-state index contributed by atoms with van der Waals surface area (Å²) in [7, 11) is -3.35. The highest BCUT2D eigenvalue weighted by Crippen LogP contribution is 2.35. The number of nitrogens with one attached hydrogen (secondary N) is 2. The summed E-state index contributed by atoms with van der Waals surface area (Å²) in [5.74, 6) is 1.28. The molecule has 1 amide bonds. The fraction of sp³-hybridized carbons (Fsp3) is 0.619. The quantitative estimate of drug-likeness (QED) is 0.736. The van der Waals surface area contributed by atoms with Gasteiger partial charge in [-0.15, -0.1) is 0 Å². The van der Waals surface area contributed by atoms with Crippen LogP contribution < -0.4 is 5.32 Å². The molecule has 3 heterocycles. The first-order chi connectivity index (χ1) is 14.5. The summed E-state index contributed by atoms with van der Waals surface area (Å²) in [6.45, 7) is 0.725. The Labute approximate surface area is 181 Å². The van der Waals surface area contributed by atoms with E-state index in [9.17, 15) is 13.2 Å². The molecule has 7 nitrogen and oxygen atoms in total. The molecule has 1 aromatic heterocycles. The van der Waals surface area contributed by atoms with Crippen molar-refractivity contribution in [2.75, 3.05) is 18.8 Å². The lowest BCUT2D eigenvalue weighted by molar-refractivity contribution is -0.125. The number of hydrogen-bond donors (Lipinski definition) is 2. The van der Waals surface area contributed by atoms with Gasteiger partial charge in [-0.1, -0.05) is 36.9 Å². The van der Waals surface area contributed by atoms with Crippen LogP contribution in [0, 0.1) is 5.92 Å². The van der Waals surface area contributed by atoms with Crippen molar-refractivity contribution in [3.63, 3.8) is 0 Å².